The SMILES string of the molecule is COc1ccc(NC(=O)CN2CCCCCC2=O)cc1Cc1ccccc1. The Kier molecular flexibility index (Phi) is 6.47. The number of carbonyl (C=O) groups is 2. The van der Waals surface area contributed by atoms with E-state index in [4.69, 9.17) is 4.74 Å². The molecule has 1 aliphatic rings. The van der Waals surface area contributed by atoms with Gasteiger partial charge in [-0.05, 0) is 36.6 Å². The highest BCUT2D eigenvalue weighted by Crippen LogP contribution is 2.25. The van der Waals surface area contributed by atoms with E-state index in [2.05, 4.69) is 17.4 Å². The molecule has 2 aromatic carbocycles. The minimum atomic E-state index is -0.166. The molecule has 1 heterocycles. The number of likely N-dealkylation sites (tertiary alicyclic amines) is 1. The number of ether oxygens (including phenoxy) is 1. The second-order valence-electron chi connectivity index (χ2n) is 6.86. The third-order valence-electron chi connectivity index (χ3n) is 4.81. The summed E-state index contributed by atoms with van der Waals surface area (Å²) in [6, 6.07) is 15.8. The first kappa shape index (κ1) is 19.0. The van der Waals surface area contributed by atoms with Gasteiger partial charge in [0.1, 0.15) is 5.75 Å². The van der Waals surface area contributed by atoms with Gasteiger partial charge in [-0.2, -0.15) is 0 Å². The highest BCUT2D eigenvalue weighted by molar-refractivity contribution is 5.94. The number of hydrogen-bond donors (Lipinski definition) is 1. The summed E-state index contributed by atoms with van der Waals surface area (Å²) in [5, 5.41) is 2.92. The first-order valence-electron chi connectivity index (χ1n) is 9.44. The summed E-state index contributed by atoms with van der Waals surface area (Å²) >= 11 is 0. The molecule has 1 N–H and O–H groups in total. The second kappa shape index (κ2) is 9.21. The average molecular weight is 366 g/mol. The fourth-order valence-electron chi connectivity index (χ4n) is 3.39. The average Bonchev–Trinajstić information content (AvgIpc) is 2.87. The van der Waals surface area contributed by atoms with Crippen LogP contribution < -0.4 is 10.1 Å². The Morgan fingerprint density at radius 2 is 1.93 bits per heavy atom. The van der Waals surface area contributed by atoms with Gasteiger partial charge in [-0.25, -0.2) is 0 Å². The van der Waals surface area contributed by atoms with E-state index in [0.717, 1.165) is 37.0 Å². The van der Waals surface area contributed by atoms with E-state index in [1.165, 1.54) is 5.56 Å². The standard InChI is InChI=1S/C22H26N2O3/c1-27-20-12-11-19(15-18(20)14-17-8-4-2-5-9-17)23-21(25)16-24-13-7-3-6-10-22(24)26/h2,4-5,8-9,11-12,15H,3,6-7,10,13-14,16H2,1H3,(H,23,25). The molecular formula is C22H26N2O3. The van der Waals surface area contributed by atoms with Gasteiger partial charge >= 0.3 is 0 Å². The van der Waals surface area contributed by atoms with Crippen LogP contribution in [0.5, 0.6) is 5.75 Å². The van der Waals surface area contributed by atoms with Crippen molar-refractivity contribution >= 4 is 17.5 Å². The minimum Gasteiger partial charge on any atom is -0.496 e. The molecule has 0 unspecified atom stereocenters. The van der Waals surface area contributed by atoms with Gasteiger partial charge in [-0.1, -0.05) is 36.8 Å². The van der Waals surface area contributed by atoms with E-state index >= 15 is 0 Å². The van der Waals surface area contributed by atoms with Crippen molar-refractivity contribution in [1.82, 2.24) is 4.90 Å². The number of anilines is 1. The molecule has 1 fully saturated rings. The zero-order chi connectivity index (χ0) is 19.1. The van der Waals surface area contributed by atoms with E-state index in [-0.39, 0.29) is 18.4 Å². The fraction of sp³-hybridized carbons (Fsp3) is 0.364. The van der Waals surface area contributed by atoms with Gasteiger partial charge in [0.25, 0.3) is 0 Å². The number of rotatable bonds is 6. The maximum atomic E-state index is 12.4. The molecule has 27 heavy (non-hydrogen) atoms. The quantitative estimate of drug-likeness (QED) is 0.849. The Labute approximate surface area is 160 Å². The lowest BCUT2D eigenvalue weighted by Crippen LogP contribution is -2.37. The van der Waals surface area contributed by atoms with Crippen molar-refractivity contribution in [2.24, 2.45) is 0 Å². The van der Waals surface area contributed by atoms with Crippen LogP contribution in [0, 0.1) is 0 Å². The second-order valence-corrected chi connectivity index (χ2v) is 6.86. The number of methoxy groups -OCH3 is 1. The molecule has 0 saturated carbocycles. The monoisotopic (exact) mass is 366 g/mol. The van der Waals surface area contributed by atoms with Crippen LogP contribution in [0.25, 0.3) is 0 Å². The third kappa shape index (κ3) is 5.33. The third-order valence-corrected chi connectivity index (χ3v) is 4.81. The number of hydrogen-bond acceptors (Lipinski definition) is 3. The Balaban J connectivity index is 1.68. The van der Waals surface area contributed by atoms with Gasteiger partial charge in [0.2, 0.25) is 11.8 Å². The predicted octanol–water partition coefficient (Wildman–Crippen LogP) is 3.63. The summed E-state index contributed by atoms with van der Waals surface area (Å²) in [6.45, 7) is 0.771. The summed E-state index contributed by atoms with van der Waals surface area (Å²) in [4.78, 5) is 26.2. The van der Waals surface area contributed by atoms with Crippen molar-refractivity contribution in [1.29, 1.82) is 0 Å². The van der Waals surface area contributed by atoms with Crippen LogP contribution in [0.15, 0.2) is 48.5 Å². The van der Waals surface area contributed by atoms with Crippen molar-refractivity contribution in [3.05, 3.63) is 59.7 Å². The molecule has 0 atom stereocenters. The largest absolute Gasteiger partial charge is 0.496 e. The fourth-order valence-corrected chi connectivity index (χ4v) is 3.39. The normalized spacial score (nSPS) is 14.6. The zero-order valence-corrected chi connectivity index (χ0v) is 15.7. The van der Waals surface area contributed by atoms with Crippen LogP contribution in [0.2, 0.25) is 0 Å². The summed E-state index contributed by atoms with van der Waals surface area (Å²) < 4.78 is 5.46. The lowest BCUT2D eigenvalue weighted by Gasteiger charge is -2.20. The molecule has 0 bridgehead atoms. The number of benzene rings is 2. The maximum absolute atomic E-state index is 12.4. The first-order valence-corrected chi connectivity index (χ1v) is 9.44. The van der Waals surface area contributed by atoms with Gasteiger partial charge in [0.15, 0.2) is 0 Å². The topological polar surface area (TPSA) is 58.6 Å². The smallest absolute Gasteiger partial charge is 0.243 e. The van der Waals surface area contributed by atoms with Crippen LogP contribution in [-0.4, -0.2) is 36.9 Å². The highest BCUT2D eigenvalue weighted by Gasteiger charge is 2.19. The number of carbonyl (C=O) groups excluding carboxylic acids is 2. The Morgan fingerprint density at radius 3 is 2.70 bits per heavy atom. The van der Waals surface area contributed by atoms with E-state index in [1.54, 1.807) is 12.0 Å². The molecule has 1 saturated heterocycles. The predicted molar refractivity (Wildman–Crippen MR) is 106 cm³/mol. The van der Waals surface area contributed by atoms with Gasteiger partial charge in [-0.15, -0.1) is 0 Å². The molecule has 1 aliphatic heterocycles. The number of nitrogens with zero attached hydrogens (tertiary/aromatic N) is 1. The molecule has 0 radical (unpaired) electrons. The van der Waals surface area contributed by atoms with Crippen LogP contribution in [-0.2, 0) is 16.0 Å². The van der Waals surface area contributed by atoms with Crippen molar-refractivity contribution in [2.45, 2.75) is 32.1 Å². The van der Waals surface area contributed by atoms with Crippen LogP contribution >= 0.6 is 0 Å². The Morgan fingerprint density at radius 1 is 1.11 bits per heavy atom. The molecule has 5 nitrogen and oxygen atoms in total. The van der Waals surface area contributed by atoms with Gasteiger partial charge in [-0.3, -0.25) is 9.59 Å². The number of amides is 2. The first-order chi connectivity index (χ1) is 13.2. The van der Waals surface area contributed by atoms with Gasteiger partial charge in [0, 0.05) is 30.6 Å². The van der Waals surface area contributed by atoms with Crippen molar-refractivity contribution in [2.75, 3.05) is 25.5 Å². The minimum absolute atomic E-state index is 0.0714. The molecule has 5 heteroatoms. The van der Waals surface area contributed by atoms with E-state index in [9.17, 15) is 9.59 Å². The Hall–Kier alpha value is -2.82. The van der Waals surface area contributed by atoms with Crippen LogP contribution in [0.1, 0.15) is 36.8 Å². The molecule has 2 amide bonds. The molecule has 0 aromatic heterocycles. The van der Waals surface area contributed by atoms with Crippen molar-refractivity contribution < 1.29 is 14.3 Å². The summed E-state index contributed by atoms with van der Waals surface area (Å²) in [7, 11) is 1.65. The summed E-state index contributed by atoms with van der Waals surface area (Å²) in [5.74, 6) is 0.697. The van der Waals surface area contributed by atoms with E-state index in [1.807, 2.05) is 36.4 Å². The highest BCUT2D eigenvalue weighted by atomic mass is 16.5. The van der Waals surface area contributed by atoms with Crippen LogP contribution in [0.3, 0.4) is 0 Å². The molecule has 0 aliphatic carbocycles. The zero-order valence-electron chi connectivity index (χ0n) is 15.7. The molecule has 2 aromatic rings. The van der Waals surface area contributed by atoms with E-state index < -0.39 is 0 Å². The lowest BCUT2D eigenvalue weighted by molar-refractivity contribution is -0.134. The van der Waals surface area contributed by atoms with Crippen molar-refractivity contribution in [3.63, 3.8) is 0 Å². The molecular weight excluding hydrogens is 340 g/mol. The Bertz CT molecular complexity index is 789. The van der Waals surface area contributed by atoms with Crippen molar-refractivity contribution in [3.8, 4) is 5.75 Å². The van der Waals surface area contributed by atoms with Crippen LogP contribution in [0.4, 0.5) is 5.69 Å². The number of nitrogens with one attached hydrogen (secondary N) is 1. The maximum Gasteiger partial charge on any atom is 0.243 e. The summed E-state index contributed by atoms with van der Waals surface area (Å²) in [6.07, 6.45) is 4.18. The molecule has 3 rings (SSSR count). The molecule has 142 valence electrons. The molecule has 0 spiro atoms. The lowest BCUT2D eigenvalue weighted by atomic mass is 10.0. The van der Waals surface area contributed by atoms with Gasteiger partial charge < -0.3 is 15.0 Å². The van der Waals surface area contributed by atoms with E-state index in [0.29, 0.717) is 18.7 Å². The summed E-state index contributed by atoms with van der Waals surface area (Å²) in [5.41, 5.74) is 2.90. The van der Waals surface area contributed by atoms with Gasteiger partial charge in [0.05, 0.1) is 13.7 Å².